The number of rotatable bonds is 0. The first-order valence-electron chi connectivity index (χ1n) is 0.690. The van der Waals surface area contributed by atoms with Crippen molar-refractivity contribution in [3.63, 3.8) is 0 Å². The number of halogens is 3. The molecule has 0 heterocycles. The average molecular weight is 195 g/mol. The monoisotopic (exact) mass is 194 g/mol. The van der Waals surface area contributed by atoms with E-state index in [4.69, 9.17) is 0 Å². The third-order valence-electron chi connectivity index (χ3n) is 0. The second-order valence-corrected chi connectivity index (χ2v) is 7.04. The Morgan fingerprint density at radius 2 is 1.33 bits per heavy atom. The van der Waals surface area contributed by atoms with Gasteiger partial charge < -0.3 is 2.85 Å². The Labute approximate surface area is 83.0 Å². The Kier molecular flexibility index (Phi) is 7.95. The SMILES string of the molecule is O=P(Cl)(Cl)Cl.[Ca+2].[H-].[H-]. The van der Waals surface area contributed by atoms with Crippen LogP contribution in [0.5, 0.6) is 0 Å². The molecule has 0 amide bonds. The molecule has 6 heavy (non-hydrogen) atoms. The van der Waals surface area contributed by atoms with Crippen molar-refractivity contribution in [2.45, 2.75) is 0 Å². The minimum Gasteiger partial charge on any atom is -1.00 e. The van der Waals surface area contributed by atoms with Gasteiger partial charge in [0, 0.05) is 0 Å². The van der Waals surface area contributed by atoms with Gasteiger partial charge in [0.15, 0.2) is 0 Å². The average Bonchev–Trinajstić information content (AvgIpc) is 0.722. The van der Waals surface area contributed by atoms with Crippen molar-refractivity contribution in [3.05, 3.63) is 0 Å². The molecule has 1 nitrogen and oxygen atoms in total. The fourth-order valence-corrected chi connectivity index (χ4v) is 0. The van der Waals surface area contributed by atoms with Gasteiger partial charge in [0.2, 0.25) is 0 Å². The van der Waals surface area contributed by atoms with E-state index in [9.17, 15) is 4.57 Å². The molecule has 0 saturated carbocycles. The molecule has 0 aliphatic rings. The van der Waals surface area contributed by atoms with Gasteiger partial charge >= 0.3 is 42.9 Å². The largest absolute Gasteiger partial charge is 2.00 e. The zero-order valence-electron chi connectivity index (χ0n) is 4.70. The van der Waals surface area contributed by atoms with Crippen molar-refractivity contribution in [2.75, 3.05) is 0 Å². The first-order valence-corrected chi connectivity index (χ1v) is 5.11. The fraction of sp³-hybridized carbons (Fsp3) is 0. The van der Waals surface area contributed by atoms with Crippen LogP contribution in [0.1, 0.15) is 2.85 Å². The van der Waals surface area contributed by atoms with Crippen LogP contribution in [0.15, 0.2) is 0 Å². The van der Waals surface area contributed by atoms with Gasteiger partial charge in [0.1, 0.15) is 0 Å². The Hall–Kier alpha value is 2.36. The van der Waals surface area contributed by atoms with Crippen molar-refractivity contribution < 1.29 is 7.42 Å². The molecule has 0 aromatic heterocycles. The van der Waals surface area contributed by atoms with E-state index in [-0.39, 0.29) is 40.6 Å². The molecular formula is H2CaCl3OP. The molecule has 0 atom stereocenters. The zero-order valence-corrected chi connectivity index (χ0v) is 8.07. The molecule has 0 unspecified atom stereocenters. The summed E-state index contributed by atoms with van der Waals surface area (Å²) in [4.78, 5) is 0. The summed E-state index contributed by atoms with van der Waals surface area (Å²) >= 11 is 13.8. The molecule has 6 heteroatoms. The van der Waals surface area contributed by atoms with E-state index in [1.165, 1.54) is 0 Å². The summed E-state index contributed by atoms with van der Waals surface area (Å²) in [5, 5.41) is -3.22. The molecule has 0 spiro atoms. The van der Waals surface area contributed by atoms with Crippen LogP contribution in [0.3, 0.4) is 0 Å². The number of hydrogen-bond acceptors (Lipinski definition) is 1. The first kappa shape index (κ1) is 11.2. The molecule has 0 aliphatic carbocycles. The van der Waals surface area contributed by atoms with Crippen LogP contribution >= 0.6 is 38.9 Å². The Bertz CT molecular complexity index is 63.4. The summed E-state index contributed by atoms with van der Waals surface area (Å²) in [7, 11) is 0. The Morgan fingerprint density at radius 3 is 1.33 bits per heavy atom. The van der Waals surface area contributed by atoms with Crippen LogP contribution in [0.2, 0.25) is 0 Å². The second kappa shape index (κ2) is 4.26. The summed E-state index contributed by atoms with van der Waals surface area (Å²) in [5.41, 5.74) is 0. The van der Waals surface area contributed by atoms with Crippen molar-refractivity contribution in [1.82, 2.24) is 0 Å². The molecule has 36 valence electrons. The molecule has 0 aromatic carbocycles. The zero-order chi connectivity index (χ0) is 4.50. The van der Waals surface area contributed by atoms with Gasteiger partial charge in [0.05, 0.1) is 0 Å². The maximum atomic E-state index is 9.51. The molecular weight excluding hydrogens is 193 g/mol. The van der Waals surface area contributed by atoms with E-state index in [1.807, 2.05) is 0 Å². The van der Waals surface area contributed by atoms with E-state index in [1.54, 1.807) is 0 Å². The van der Waals surface area contributed by atoms with Crippen LogP contribution < -0.4 is 0 Å². The predicted octanol–water partition coefficient (Wildman–Crippen LogP) is 2.66. The molecule has 0 rings (SSSR count). The molecule has 0 aromatic rings. The van der Waals surface area contributed by atoms with Crippen LogP contribution in [-0.4, -0.2) is 37.7 Å². The minimum atomic E-state index is -3.22. The van der Waals surface area contributed by atoms with Crippen molar-refractivity contribution >= 4 is 76.7 Å². The van der Waals surface area contributed by atoms with E-state index in [2.05, 4.69) is 33.7 Å². The summed E-state index contributed by atoms with van der Waals surface area (Å²) in [5.74, 6) is 0. The van der Waals surface area contributed by atoms with Gasteiger partial charge in [0.25, 0.3) is 0 Å². The summed E-state index contributed by atoms with van der Waals surface area (Å²) < 4.78 is 9.51. The van der Waals surface area contributed by atoms with E-state index in [0.29, 0.717) is 0 Å². The molecule has 0 N–H and O–H groups in total. The third kappa shape index (κ3) is 32.8. The second-order valence-electron chi connectivity index (χ2n) is 0.399. The van der Waals surface area contributed by atoms with Crippen molar-refractivity contribution in [2.24, 2.45) is 0 Å². The third-order valence-corrected chi connectivity index (χ3v) is 0. The summed E-state index contributed by atoms with van der Waals surface area (Å²) in [6.07, 6.45) is 0. The normalized spacial score (nSPS) is 9.83. The van der Waals surface area contributed by atoms with Gasteiger partial charge in [-0.3, -0.25) is 4.57 Å². The maximum Gasteiger partial charge on any atom is 2.00 e. The Morgan fingerprint density at radius 1 is 1.33 bits per heavy atom. The van der Waals surface area contributed by atoms with Gasteiger partial charge in [-0.05, 0) is 33.7 Å². The molecule has 0 aliphatic heterocycles. The molecule has 0 saturated heterocycles. The smallest absolute Gasteiger partial charge is 1.00 e. The predicted molar refractivity (Wildman–Crippen MR) is 33.1 cm³/mol. The van der Waals surface area contributed by atoms with Crippen LogP contribution in [0.4, 0.5) is 0 Å². The quantitative estimate of drug-likeness (QED) is 0.429. The van der Waals surface area contributed by atoms with E-state index >= 15 is 0 Å². The standard InChI is InChI=1S/Ca.Cl3OP.2H/c;1-5(2,3)4;;/q+2;;2*-1. The van der Waals surface area contributed by atoms with Crippen LogP contribution in [0, 0.1) is 0 Å². The molecule has 0 fully saturated rings. The fourth-order valence-electron chi connectivity index (χ4n) is 0. The number of hydrogen-bond donors (Lipinski definition) is 0. The minimum absolute atomic E-state index is 0. The van der Waals surface area contributed by atoms with Crippen molar-refractivity contribution in [1.29, 1.82) is 0 Å². The van der Waals surface area contributed by atoms with Crippen LogP contribution in [-0.2, 0) is 4.57 Å². The maximum absolute atomic E-state index is 9.51. The van der Waals surface area contributed by atoms with Gasteiger partial charge in [-0.25, -0.2) is 0 Å². The van der Waals surface area contributed by atoms with E-state index < -0.39 is 5.20 Å². The summed E-state index contributed by atoms with van der Waals surface area (Å²) in [6.45, 7) is 0. The Balaban J connectivity index is -0.0000000267. The molecule has 0 bridgehead atoms. The topological polar surface area (TPSA) is 17.1 Å². The molecule has 0 radical (unpaired) electrons. The van der Waals surface area contributed by atoms with Crippen molar-refractivity contribution in [3.8, 4) is 0 Å². The first-order chi connectivity index (χ1) is 2.00. The summed E-state index contributed by atoms with van der Waals surface area (Å²) in [6, 6.07) is 0. The van der Waals surface area contributed by atoms with Gasteiger partial charge in [-0.1, -0.05) is 0 Å². The van der Waals surface area contributed by atoms with Crippen LogP contribution in [0.25, 0.3) is 0 Å². The van der Waals surface area contributed by atoms with E-state index in [0.717, 1.165) is 0 Å². The van der Waals surface area contributed by atoms with Gasteiger partial charge in [-0.15, -0.1) is 0 Å². The van der Waals surface area contributed by atoms with Gasteiger partial charge in [-0.2, -0.15) is 0 Å².